The number of hydrogen-bond donors (Lipinski definition) is 6. The highest BCUT2D eigenvalue weighted by molar-refractivity contribution is 5.95. The number of nitrogens with zero attached hydrogens (tertiary/aromatic N) is 3. The van der Waals surface area contributed by atoms with E-state index in [-0.39, 0.29) is 24.2 Å². The topological polar surface area (TPSA) is 227 Å². The van der Waals surface area contributed by atoms with Crippen LogP contribution in [0.25, 0.3) is 0 Å². The van der Waals surface area contributed by atoms with Gasteiger partial charge < -0.3 is 42.7 Å². The second kappa shape index (κ2) is 15.0. The number of nitrogens with two attached hydrogens (primary N) is 3. The highest BCUT2D eigenvalue weighted by Gasteiger charge is 2.42. The smallest absolute Gasteiger partial charge is 0.326 e. The Labute approximate surface area is 238 Å². The average molecular weight is 573 g/mol. The summed E-state index contributed by atoms with van der Waals surface area (Å²) < 4.78 is 0. The number of benzene rings is 1. The number of guanidine groups is 1. The van der Waals surface area contributed by atoms with Crippen LogP contribution < -0.4 is 27.8 Å². The number of likely N-dealkylation sites (tertiary alicyclic amines) is 2. The first-order valence-electron chi connectivity index (χ1n) is 13.8. The van der Waals surface area contributed by atoms with Gasteiger partial charge in [-0.15, -0.1) is 0 Å². The summed E-state index contributed by atoms with van der Waals surface area (Å²) in [6.07, 6.45) is 3.08. The van der Waals surface area contributed by atoms with Crippen molar-refractivity contribution in [3.8, 4) is 0 Å². The van der Waals surface area contributed by atoms with E-state index >= 15 is 0 Å². The molecule has 3 rings (SSSR count). The van der Waals surface area contributed by atoms with Gasteiger partial charge in [0.15, 0.2) is 5.96 Å². The van der Waals surface area contributed by atoms with Gasteiger partial charge in [0, 0.05) is 26.1 Å². The Bertz CT molecular complexity index is 1130. The van der Waals surface area contributed by atoms with E-state index in [1.54, 1.807) is 30.3 Å². The van der Waals surface area contributed by atoms with Crippen molar-refractivity contribution in [1.82, 2.24) is 20.4 Å². The van der Waals surface area contributed by atoms with Crippen molar-refractivity contribution >= 4 is 35.6 Å². The third-order valence-electron chi connectivity index (χ3n) is 7.28. The summed E-state index contributed by atoms with van der Waals surface area (Å²) in [5.41, 5.74) is 17.5. The van der Waals surface area contributed by atoms with Crippen molar-refractivity contribution in [2.75, 3.05) is 26.2 Å². The van der Waals surface area contributed by atoms with Crippen LogP contribution in [0.5, 0.6) is 0 Å². The van der Waals surface area contributed by atoms with E-state index < -0.39 is 48.5 Å². The summed E-state index contributed by atoms with van der Waals surface area (Å²) in [5, 5.41) is 14.5. The van der Waals surface area contributed by atoms with Crippen LogP contribution in [0.2, 0.25) is 0 Å². The van der Waals surface area contributed by atoms with Crippen LogP contribution in [0.3, 0.4) is 0 Å². The molecule has 14 nitrogen and oxygen atoms in total. The fourth-order valence-electron chi connectivity index (χ4n) is 5.22. The SMILES string of the molecule is NC(N)=NCCC[C@H](N)C(=O)N1CCC[C@@H]1C(=O)N1CCC[C@@H]1C(=O)NCC(=O)N[C@H](Cc1ccccc1)C(=O)O. The van der Waals surface area contributed by atoms with Crippen molar-refractivity contribution in [2.45, 2.75) is 69.1 Å². The highest BCUT2D eigenvalue weighted by Crippen LogP contribution is 2.25. The van der Waals surface area contributed by atoms with Gasteiger partial charge in [0.05, 0.1) is 12.6 Å². The maximum atomic E-state index is 13.5. The second-order valence-electron chi connectivity index (χ2n) is 10.3. The fraction of sp³-hybridized carbons (Fsp3) is 0.556. The van der Waals surface area contributed by atoms with E-state index in [0.717, 1.165) is 5.56 Å². The van der Waals surface area contributed by atoms with Crippen LogP contribution in [0.15, 0.2) is 35.3 Å². The van der Waals surface area contributed by atoms with E-state index in [4.69, 9.17) is 17.2 Å². The third-order valence-corrected chi connectivity index (χ3v) is 7.28. The molecular formula is C27H40N8O6. The van der Waals surface area contributed by atoms with Crippen LogP contribution in [0, 0.1) is 0 Å². The Kier molecular flexibility index (Phi) is 11.4. The quantitative estimate of drug-likeness (QED) is 0.0896. The number of carboxylic acids is 1. The molecule has 0 unspecified atom stereocenters. The van der Waals surface area contributed by atoms with E-state index in [1.807, 2.05) is 0 Å². The number of aliphatic imine (C=N–C) groups is 1. The maximum absolute atomic E-state index is 13.5. The molecule has 4 atom stereocenters. The van der Waals surface area contributed by atoms with Crippen molar-refractivity contribution in [3.05, 3.63) is 35.9 Å². The molecule has 1 aromatic carbocycles. The Morgan fingerprint density at radius 2 is 1.66 bits per heavy atom. The molecule has 0 spiro atoms. The molecule has 0 radical (unpaired) electrons. The van der Waals surface area contributed by atoms with E-state index in [9.17, 15) is 29.1 Å². The second-order valence-corrected chi connectivity index (χ2v) is 10.3. The normalized spacial score (nSPS) is 19.7. The number of carbonyl (C=O) groups is 5. The van der Waals surface area contributed by atoms with Crippen molar-refractivity contribution < 1.29 is 29.1 Å². The minimum absolute atomic E-state index is 0.0348. The lowest BCUT2D eigenvalue weighted by molar-refractivity contribution is -0.147. The molecule has 14 heteroatoms. The first kappa shape index (κ1) is 31.3. The zero-order valence-electron chi connectivity index (χ0n) is 23.0. The van der Waals surface area contributed by atoms with Gasteiger partial charge in [-0.2, -0.15) is 0 Å². The van der Waals surface area contributed by atoms with Gasteiger partial charge in [-0.1, -0.05) is 30.3 Å². The van der Waals surface area contributed by atoms with Crippen LogP contribution in [0.1, 0.15) is 44.1 Å². The summed E-state index contributed by atoms with van der Waals surface area (Å²) in [7, 11) is 0. The first-order valence-corrected chi connectivity index (χ1v) is 13.8. The molecule has 0 saturated carbocycles. The molecule has 224 valence electrons. The molecule has 2 aliphatic rings. The molecule has 0 bridgehead atoms. The minimum Gasteiger partial charge on any atom is -0.480 e. The van der Waals surface area contributed by atoms with Gasteiger partial charge in [-0.25, -0.2) is 4.79 Å². The predicted molar refractivity (Wildman–Crippen MR) is 150 cm³/mol. The Balaban J connectivity index is 1.53. The van der Waals surface area contributed by atoms with Gasteiger partial charge in [0.2, 0.25) is 23.6 Å². The molecule has 2 heterocycles. The monoisotopic (exact) mass is 572 g/mol. The molecule has 41 heavy (non-hydrogen) atoms. The minimum atomic E-state index is -1.19. The fourth-order valence-corrected chi connectivity index (χ4v) is 5.22. The predicted octanol–water partition coefficient (Wildman–Crippen LogP) is -1.72. The van der Waals surface area contributed by atoms with Crippen LogP contribution in [-0.4, -0.2) is 101 Å². The van der Waals surface area contributed by atoms with Crippen molar-refractivity contribution in [3.63, 3.8) is 0 Å². The molecule has 1 aromatic rings. The van der Waals surface area contributed by atoms with E-state index in [2.05, 4.69) is 15.6 Å². The maximum Gasteiger partial charge on any atom is 0.326 e. The van der Waals surface area contributed by atoms with Gasteiger partial charge in [0.25, 0.3) is 0 Å². The van der Waals surface area contributed by atoms with E-state index in [0.29, 0.717) is 58.2 Å². The largest absolute Gasteiger partial charge is 0.480 e. The zero-order valence-corrected chi connectivity index (χ0v) is 23.0. The molecule has 9 N–H and O–H groups in total. The van der Waals surface area contributed by atoms with Gasteiger partial charge in [0.1, 0.15) is 18.1 Å². The number of hydrogen-bond acceptors (Lipinski definition) is 7. The summed E-state index contributed by atoms with van der Waals surface area (Å²) in [4.78, 5) is 70.4. The van der Waals surface area contributed by atoms with Crippen LogP contribution in [0.4, 0.5) is 0 Å². The van der Waals surface area contributed by atoms with Gasteiger partial charge >= 0.3 is 5.97 Å². The van der Waals surface area contributed by atoms with Gasteiger partial charge in [-0.3, -0.25) is 24.2 Å². The molecule has 2 aliphatic heterocycles. The molecule has 0 aromatic heterocycles. The molecule has 0 aliphatic carbocycles. The summed E-state index contributed by atoms with van der Waals surface area (Å²) >= 11 is 0. The Morgan fingerprint density at radius 3 is 2.32 bits per heavy atom. The Morgan fingerprint density at radius 1 is 1.00 bits per heavy atom. The van der Waals surface area contributed by atoms with Crippen molar-refractivity contribution in [1.29, 1.82) is 0 Å². The van der Waals surface area contributed by atoms with Crippen LogP contribution >= 0.6 is 0 Å². The molecular weight excluding hydrogens is 532 g/mol. The molecule has 4 amide bonds. The Hall–Kier alpha value is -4.20. The number of carboxylic acid groups (broad SMARTS) is 1. The van der Waals surface area contributed by atoms with Crippen molar-refractivity contribution in [2.24, 2.45) is 22.2 Å². The average Bonchev–Trinajstić information content (AvgIpc) is 3.64. The number of rotatable bonds is 13. The lowest BCUT2D eigenvalue weighted by atomic mass is 10.1. The summed E-state index contributed by atoms with van der Waals surface area (Å²) in [6.45, 7) is 0.663. The number of aliphatic carboxylic acids is 1. The summed E-state index contributed by atoms with van der Waals surface area (Å²) in [6, 6.07) is 5.42. The highest BCUT2D eigenvalue weighted by atomic mass is 16.4. The van der Waals surface area contributed by atoms with E-state index in [1.165, 1.54) is 9.80 Å². The molecule has 2 saturated heterocycles. The number of amides is 4. The summed E-state index contributed by atoms with van der Waals surface area (Å²) in [5.74, 6) is -3.03. The molecule has 2 fully saturated rings. The van der Waals surface area contributed by atoms with Crippen LogP contribution in [-0.2, 0) is 30.4 Å². The lowest BCUT2D eigenvalue weighted by Crippen LogP contribution is -2.55. The zero-order chi connectivity index (χ0) is 29.9. The number of nitrogens with one attached hydrogen (secondary N) is 2. The lowest BCUT2D eigenvalue weighted by Gasteiger charge is -2.32. The van der Waals surface area contributed by atoms with Gasteiger partial charge in [-0.05, 0) is 44.1 Å². The first-order chi connectivity index (χ1) is 19.6. The number of carbonyl (C=O) groups excluding carboxylic acids is 4. The standard InChI is InChI=1S/C27H40N8O6/c28-18(9-4-12-31-27(29)30)24(38)35-14-6-11-21(35)25(39)34-13-5-10-20(34)23(37)32-16-22(36)33-19(26(40)41)15-17-7-2-1-3-8-17/h1-3,7-8,18-21H,4-6,9-16,28H2,(H,32,37)(H,33,36)(H,40,41)(H4,29,30,31)/t18-,19+,20+,21+/m0/s1. The third kappa shape index (κ3) is 8.90.